The van der Waals surface area contributed by atoms with Gasteiger partial charge in [0.1, 0.15) is 5.69 Å². The molecule has 0 atom stereocenters. The number of nitrogens with two attached hydrogens (primary N) is 1. The first-order valence-corrected chi connectivity index (χ1v) is 6.70. The standard InChI is InChI=1S/C13H15BrN4O/c1-3-18-12(11(15)7-16-18)13(19)17-10-5-8(2)4-9(14)6-10/h4-7H,3,15H2,1-2H3,(H,17,19). The van der Waals surface area contributed by atoms with Crippen LogP contribution >= 0.6 is 15.9 Å². The maximum absolute atomic E-state index is 12.2. The molecule has 2 rings (SSSR count). The molecule has 5 nitrogen and oxygen atoms in total. The fourth-order valence-electron chi connectivity index (χ4n) is 1.89. The van der Waals surface area contributed by atoms with Crippen molar-refractivity contribution in [2.45, 2.75) is 20.4 Å². The van der Waals surface area contributed by atoms with E-state index in [0.29, 0.717) is 17.9 Å². The summed E-state index contributed by atoms with van der Waals surface area (Å²) in [5, 5.41) is 6.89. The van der Waals surface area contributed by atoms with Crippen LogP contribution < -0.4 is 11.1 Å². The average Bonchev–Trinajstić information content (AvgIpc) is 2.68. The maximum atomic E-state index is 12.2. The molecule has 0 unspecified atom stereocenters. The molecule has 0 saturated carbocycles. The van der Waals surface area contributed by atoms with Gasteiger partial charge in [-0.05, 0) is 37.6 Å². The zero-order valence-electron chi connectivity index (χ0n) is 10.8. The Morgan fingerprint density at radius 1 is 1.47 bits per heavy atom. The van der Waals surface area contributed by atoms with E-state index in [4.69, 9.17) is 5.73 Å². The van der Waals surface area contributed by atoms with Crippen LogP contribution in [0.5, 0.6) is 0 Å². The molecule has 3 N–H and O–H groups in total. The molecular formula is C13H15BrN4O. The first-order valence-electron chi connectivity index (χ1n) is 5.91. The van der Waals surface area contributed by atoms with Gasteiger partial charge in [0.15, 0.2) is 0 Å². The molecule has 0 aliphatic heterocycles. The third-order valence-corrected chi connectivity index (χ3v) is 3.14. The van der Waals surface area contributed by atoms with E-state index < -0.39 is 0 Å². The molecule has 0 spiro atoms. The van der Waals surface area contributed by atoms with E-state index in [1.165, 1.54) is 6.20 Å². The number of carbonyl (C=O) groups excluding carboxylic acids is 1. The van der Waals surface area contributed by atoms with Gasteiger partial charge in [-0.1, -0.05) is 15.9 Å². The predicted molar refractivity (Wildman–Crippen MR) is 79.1 cm³/mol. The van der Waals surface area contributed by atoms with Crippen LogP contribution in [-0.2, 0) is 6.54 Å². The van der Waals surface area contributed by atoms with Crippen molar-refractivity contribution in [1.82, 2.24) is 9.78 Å². The lowest BCUT2D eigenvalue weighted by molar-refractivity contribution is 0.101. The number of carbonyl (C=O) groups is 1. The molecule has 1 aromatic carbocycles. The van der Waals surface area contributed by atoms with Crippen molar-refractivity contribution >= 4 is 33.2 Å². The summed E-state index contributed by atoms with van der Waals surface area (Å²) < 4.78 is 2.50. The molecule has 6 heteroatoms. The summed E-state index contributed by atoms with van der Waals surface area (Å²) in [7, 11) is 0. The van der Waals surface area contributed by atoms with Crippen LogP contribution in [0.3, 0.4) is 0 Å². The van der Waals surface area contributed by atoms with Crippen molar-refractivity contribution in [2.24, 2.45) is 0 Å². The lowest BCUT2D eigenvalue weighted by Gasteiger charge is -2.09. The van der Waals surface area contributed by atoms with Crippen molar-refractivity contribution in [3.63, 3.8) is 0 Å². The highest BCUT2D eigenvalue weighted by Crippen LogP contribution is 2.20. The summed E-state index contributed by atoms with van der Waals surface area (Å²) in [5.41, 5.74) is 8.33. The maximum Gasteiger partial charge on any atom is 0.276 e. The Morgan fingerprint density at radius 3 is 2.84 bits per heavy atom. The van der Waals surface area contributed by atoms with Gasteiger partial charge < -0.3 is 11.1 Å². The largest absolute Gasteiger partial charge is 0.396 e. The summed E-state index contributed by atoms with van der Waals surface area (Å²) in [5.74, 6) is -0.255. The van der Waals surface area contributed by atoms with Crippen molar-refractivity contribution in [3.8, 4) is 0 Å². The molecule has 0 radical (unpaired) electrons. The molecule has 1 aromatic heterocycles. The fraction of sp³-hybridized carbons (Fsp3) is 0.231. The van der Waals surface area contributed by atoms with E-state index >= 15 is 0 Å². The SMILES string of the molecule is CCn1ncc(N)c1C(=O)Nc1cc(C)cc(Br)c1. The third kappa shape index (κ3) is 2.96. The first kappa shape index (κ1) is 13.6. The minimum atomic E-state index is -0.255. The molecule has 100 valence electrons. The average molecular weight is 323 g/mol. The number of anilines is 2. The van der Waals surface area contributed by atoms with Crippen molar-refractivity contribution in [3.05, 3.63) is 40.1 Å². The zero-order chi connectivity index (χ0) is 14.0. The van der Waals surface area contributed by atoms with Gasteiger partial charge in [0.05, 0.1) is 11.9 Å². The summed E-state index contributed by atoms with van der Waals surface area (Å²) in [6.45, 7) is 4.47. The lowest BCUT2D eigenvalue weighted by atomic mass is 10.2. The number of hydrogen-bond acceptors (Lipinski definition) is 3. The summed E-state index contributed by atoms with van der Waals surface area (Å²) >= 11 is 3.40. The van der Waals surface area contributed by atoms with Crippen LogP contribution in [0.25, 0.3) is 0 Å². The molecule has 0 fully saturated rings. The minimum Gasteiger partial charge on any atom is -0.396 e. The number of benzene rings is 1. The molecule has 0 bridgehead atoms. The minimum absolute atomic E-state index is 0.255. The van der Waals surface area contributed by atoms with Gasteiger partial charge in [0.25, 0.3) is 5.91 Å². The van der Waals surface area contributed by atoms with Gasteiger partial charge >= 0.3 is 0 Å². The Balaban J connectivity index is 2.28. The number of rotatable bonds is 3. The van der Waals surface area contributed by atoms with Crippen LogP contribution in [0.2, 0.25) is 0 Å². The molecule has 0 aliphatic carbocycles. The zero-order valence-corrected chi connectivity index (χ0v) is 12.4. The van der Waals surface area contributed by atoms with Crippen LogP contribution in [-0.4, -0.2) is 15.7 Å². The second-order valence-electron chi connectivity index (χ2n) is 4.24. The van der Waals surface area contributed by atoms with Gasteiger partial charge in [-0.25, -0.2) is 0 Å². The van der Waals surface area contributed by atoms with Gasteiger partial charge in [-0.3, -0.25) is 9.48 Å². The number of hydrogen-bond donors (Lipinski definition) is 2. The van der Waals surface area contributed by atoms with Crippen molar-refractivity contribution in [2.75, 3.05) is 11.1 Å². The van der Waals surface area contributed by atoms with Crippen LogP contribution in [0.1, 0.15) is 23.0 Å². The van der Waals surface area contributed by atoms with E-state index in [-0.39, 0.29) is 5.91 Å². The number of aromatic nitrogens is 2. The smallest absolute Gasteiger partial charge is 0.276 e. The Labute approximate surface area is 119 Å². The third-order valence-electron chi connectivity index (χ3n) is 2.68. The summed E-state index contributed by atoms with van der Waals surface area (Å²) in [4.78, 5) is 12.2. The molecular weight excluding hydrogens is 308 g/mol. The van der Waals surface area contributed by atoms with E-state index in [1.807, 2.05) is 32.0 Å². The molecule has 0 saturated heterocycles. The normalized spacial score (nSPS) is 10.5. The molecule has 19 heavy (non-hydrogen) atoms. The summed E-state index contributed by atoms with van der Waals surface area (Å²) in [6.07, 6.45) is 1.49. The fourth-order valence-corrected chi connectivity index (χ4v) is 2.49. The van der Waals surface area contributed by atoms with E-state index in [9.17, 15) is 4.79 Å². The number of nitrogen functional groups attached to an aromatic ring is 1. The van der Waals surface area contributed by atoms with Gasteiger partial charge in [-0.2, -0.15) is 5.10 Å². The van der Waals surface area contributed by atoms with E-state index in [0.717, 1.165) is 15.7 Å². The Morgan fingerprint density at radius 2 is 2.21 bits per heavy atom. The second kappa shape index (κ2) is 5.44. The Bertz CT molecular complexity index is 601. The van der Waals surface area contributed by atoms with E-state index in [2.05, 4.69) is 26.3 Å². The van der Waals surface area contributed by atoms with Crippen LogP contribution in [0.15, 0.2) is 28.9 Å². The number of aryl methyl sites for hydroxylation is 2. The second-order valence-corrected chi connectivity index (χ2v) is 5.15. The molecule has 2 aromatic rings. The van der Waals surface area contributed by atoms with Gasteiger partial charge in [0, 0.05) is 16.7 Å². The molecule has 1 amide bonds. The Hall–Kier alpha value is -1.82. The number of halogens is 1. The van der Waals surface area contributed by atoms with E-state index in [1.54, 1.807) is 4.68 Å². The number of amides is 1. The quantitative estimate of drug-likeness (QED) is 0.912. The number of nitrogens with one attached hydrogen (secondary N) is 1. The van der Waals surface area contributed by atoms with Gasteiger partial charge in [0.2, 0.25) is 0 Å². The predicted octanol–water partition coefficient (Wildman–Crippen LogP) is 2.81. The van der Waals surface area contributed by atoms with Crippen molar-refractivity contribution < 1.29 is 4.79 Å². The lowest BCUT2D eigenvalue weighted by Crippen LogP contribution is -2.18. The highest BCUT2D eigenvalue weighted by atomic mass is 79.9. The van der Waals surface area contributed by atoms with Crippen LogP contribution in [0.4, 0.5) is 11.4 Å². The number of nitrogens with zero attached hydrogens (tertiary/aromatic N) is 2. The monoisotopic (exact) mass is 322 g/mol. The van der Waals surface area contributed by atoms with Crippen LogP contribution in [0, 0.1) is 6.92 Å². The molecule has 1 heterocycles. The highest BCUT2D eigenvalue weighted by molar-refractivity contribution is 9.10. The van der Waals surface area contributed by atoms with Crippen molar-refractivity contribution in [1.29, 1.82) is 0 Å². The highest BCUT2D eigenvalue weighted by Gasteiger charge is 2.16. The Kier molecular flexibility index (Phi) is 3.90. The van der Waals surface area contributed by atoms with Gasteiger partial charge in [-0.15, -0.1) is 0 Å². The topological polar surface area (TPSA) is 72.9 Å². The summed E-state index contributed by atoms with van der Waals surface area (Å²) in [6, 6.07) is 5.71. The first-order chi connectivity index (χ1) is 9.01. The molecule has 0 aliphatic rings.